The van der Waals surface area contributed by atoms with Crippen LogP contribution in [0.1, 0.15) is 29.7 Å². The summed E-state index contributed by atoms with van der Waals surface area (Å²) in [5.41, 5.74) is 6.05. The van der Waals surface area contributed by atoms with Crippen molar-refractivity contribution in [3.63, 3.8) is 0 Å². The summed E-state index contributed by atoms with van der Waals surface area (Å²) in [6, 6.07) is 3.89. The molecule has 2 aromatic rings. The highest BCUT2D eigenvalue weighted by Crippen LogP contribution is 2.36. The molecule has 2 aliphatic heterocycles. The number of aromatic nitrogens is 1. The number of hydrogen-bond donors (Lipinski definition) is 2. The minimum absolute atomic E-state index is 0.177. The number of thiazole rings is 1. The Morgan fingerprint density at radius 2 is 1.88 bits per heavy atom. The van der Waals surface area contributed by atoms with Crippen LogP contribution in [0.5, 0.6) is 0 Å². The third kappa shape index (κ3) is 6.37. The number of nitrogens with one attached hydrogen (secondary N) is 1. The lowest BCUT2D eigenvalue weighted by molar-refractivity contribution is 0.302. The molecule has 2 saturated heterocycles. The number of nitrogen functional groups attached to an aromatic ring is 1. The van der Waals surface area contributed by atoms with Crippen LogP contribution in [0.3, 0.4) is 0 Å². The number of halogens is 2. The number of anilines is 2. The molecule has 3 N–H and O–H groups in total. The standard InChI is InChI=1S/C23H31F2N5OS3/c1-16(20-18(24)4-2-5-19(20)25)21-22(26)28-23(33-21)27-17-6-9-30(10-7-17)34(31)15-3-8-29-11-13-32-14-12-29/h2,4-5,17H,1,3,6-15,26H2,(H,27,28). The van der Waals surface area contributed by atoms with E-state index in [0.717, 1.165) is 52.0 Å². The van der Waals surface area contributed by atoms with Crippen molar-refractivity contribution in [2.75, 3.05) is 61.0 Å². The summed E-state index contributed by atoms with van der Waals surface area (Å²) in [5, 5.41) is 3.99. The summed E-state index contributed by atoms with van der Waals surface area (Å²) in [5.74, 6) is 1.95. The zero-order chi connectivity index (χ0) is 24.1. The molecule has 1 unspecified atom stereocenters. The highest BCUT2D eigenvalue weighted by atomic mass is 32.2. The molecule has 1 atom stereocenters. The highest BCUT2D eigenvalue weighted by molar-refractivity contribution is 7.99. The second kappa shape index (κ2) is 11.9. The van der Waals surface area contributed by atoms with Gasteiger partial charge in [0.25, 0.3) is 0 Å². The number of benzene rings is 1. The summed E-state index contributed by atoms with van der Waals surface area (Å²) in [6.45, 7) is 8.68. The lowest BCUT2D eigenvalue weighted by Gasteiger charge is -2.31. The smallest absolute Gasteiger partial charge is 0.185 e. The Labute approximate surface area is 210 Å². The Morgan fingerprint density at radius 1 is 1.21 bits per heavy atom. The normalized spacial score (nSPS) is 19.2. The molecule has 2 fully saturated rings. The first-order valence-corrected chi connectivity index (χ1v) is 14.8. The second-order valence-electron chi connectivity index (χ2n) is 8.49. The van der Waals surface area contributed by atoms with Crippen LogP contribution in [0.2, 0.25) is 0 Å². The van der Waals surface area contributed by atoms with Gasteiger partial charge in [-0.25, -0.2) is 22.3 Å². The van der Waals surface area contributed by atoms with E-state index < -0.39 is 22.6 Å². The molecular formula is C23H31F2N5OS3. The Balaban J connectivity index is 1.26. The molecule has 0 saturated carbocycles. The number of rotatable bonds is 9. The average molecular weight is 528 g/mol. The van der Waals surface area contributed by atoms with Gasteiger partial charge in [0.05, 0.1) is 21.4 Å². The SMILES string of the molecule is C=C(c1sc(NC2CCN(S(=O)CCCN3CCSCC3)CC2)nc1N)c1c(F)cccc1F. The Morgan fingerprint density at radius 3 is 2.56 bits per heavy atom. The van der Waals surface area contributed by atoms with E-state index in [1.165, 1.54) is 41.0 Å². The molecule has 34 heavy (non-hydrogen) atoms. The fourth-order valence-electron chi connectivity index (χ4n) is 4.25. The van der Waals surface area contributed by atoms with E-state index in [4.69, 9.17) is 5.73 Å². The van der Waals surface area contributed by atoms with Crippen molar-refractivity contribution in [3.05, 3.63) is 46.9 Å². The van der Waals surface area contributed by atoms with E-state index in [1.807, 2.05) is 11.8 Å². The maximum atomic E-state index is 14.2. The molecule has 0 bridgehead atoms. The van der Waals surface area contributed by atoms with Crippen LogP contribution in [0.15, 0.2) is 24.8 Å². The summed E-state index contributed by atoms with van der Waals surface area (Å²) in [7, 11) is -0.946. The van der Waals surface area contributed by atoms with Crippen LogP contribution >= 0.6 is 23.1 Å². The van der Waals surface area contributed by atoms with Gasteiger partial charge in [-0.3, -0.25) is 0 Å². The lowest BCUT2D eigenvalue weighted by Crippen LogP contribution is -2.41. The number of nitrogens with zero attached hydrogens (tertiary/aromatic N) is 3. The van der Waals surface area contributed by atoms with Crippen LogP contribution in [0.4, 0.5) is 19.7 Å². The van der Waals surface area contributed by atoms with Gasteiger partial charge in [-0.05, 0) is 37.9 Å². The number of piperidine rings is 1. The van der Waals surface area contributed by atoms with Gasteiger partial charge in [0, 0.05) is 55.1 Å². The quantitative estimate of drug-likeness (QED) is 0.513. The number of hydrogen-bond acceptors (Lipinski definition) is 7. The van der Waals surface area contributed by atoms with E-state index in [1.54, 1.807) is 0 Å². The van der Waals surface area contributed by atoms with Crippen LogP contribution in [0.25, 0.3) is 5.57 Å². The Bertz CT molecular complexity index is 1000. The summed E-state index contributed by atoms with van der Waals surface area (Å²) in [6.07, 6.45) is 2.64. The molecule has 0 amide bonds. The van der Waals surface area contributed by atoms with Crippen molar-refractivity contribution >= 4 is 50.6 Å². The average Bonchev–Trinajstić information content (AvgIpc) is 3.19. The Kier molecular flexibility index (Phi) is 8.97. The molecule has 186 valence electrons. The van der Waals surface area contributed by atoms with Crippen molar-refractivity contribution in [3.8, 4) is 0 Å². The predicted molar refractivity (Wildman–Crippen MR) is 141 cm³/mol. The number of nitrogens with two attached hydrogens (primary N) is 1. The van der Waals surface area contributed by atoms with Gasteiger partial charge in [0.1, 0.15) is 17.5 Å². The third-order valence-electron chi connectivity index (χ3n) is 6.16. The van der Waals surface area contributed by atoms with Crippen molar-refractivity contribution in [2.24, 2.45) is 0 Å². The van der Waals surface area contributed by atoms with Crippen LogP contribution in [-0.2, 0) is 11.0 Å². The molecule has 0 aliphatic carbocycles. The van der Waals surface area contributed by atoms with Crippen LogP contribution in [0, 0.1) is 11.6 Å². The first kappa shape index (κ1) is 25.6. The minimum Gasteiger partial charge on any atom is -0.382 e. The largest absolute Gasteiger partial charge is 0.382 e. The van der Waals surface area contributed by atoms with Crippen molar-refractivity contribution in [1.29, 1.82) is 0 Å². The highest BCUT2D eigenvalue weighted by Gasteiger charge is 2.25. The van der Waals surface area contributed by atoms with Crippen molar-refractivity contribution in [2.45, 2.75) is 25.3 Å². The van der Waals surface area contributed by atoms with Gasteiger partial charge >= 0.3 is 0 Å². The Hall–Kier alpha value is -1.53. The third-order valence-corrected chi connectivity index (χ3v) is 9.74. The van der Waals surface area contributed by atoms with E-state index in [9.17, 15) is 13.0 Å². The van der Waals surface area contributed by atoms with E-state index >= 15 is 0 Å². The van der Waals surface area contributed by atoms with E-state index in [0.29, 0.717) is 15.8 Å². The van der Waals surface area contributed by atoms with E-state index in [2.05, 4.69) is 26.1 Å². The molecule has 2 aliphatic rings. The number of thioether (sulfide) groups is 1. The molecule has 1 aromatic heterocycles. The van der Waals surface area contributed by atoms with Gasteiger partial charge in [-0.15, -0.1) is 0 Å². The summed E-state index contributed by atoms with van der Waals surface area (Å²) >= 11 is 3.25. The molecular weight excluding hydrogens is 496 g/mol. The first-order chi connectivity index (χ1) is 16.4. The van der Waals surface area contributed by atoms with Crippen LogP contribution in [-0.4, -0.2) is 74.4 Å². The van der Waals surface area contributed by atoms with Crippen molar-refractivity contribution < 1.29 is 13.0 Å². The monoisotopic (exact) mass is 527 g/mol. The predicted octanol–water partition coefficient (Wildman–Crippen LogP) is 4.04. The van der Waals surface area contributed by atoms with Crippen molar-refractivity contribution in [1.82, 2.24) is 14.2 Å². The second-order valence-corrected chi connectivity index (χ2v) is 12.3. The zero-order valence-corrected chi connectivity index (χ0v) is 21.6. The molecule has 6 nitrogen and oxygen atoms in total. The minimum atomic E-state index is -0.946. The summed E-state index contributed by atoms with van der Waals surface area (Å²) in [4.78, 5) is 7.27. The van der Waals surface area contributed by atoms with Gasteiger partial charge in [0.2, 0.25) is 0 Å². The fraction of sp³-hybridized carbons (Fsp3) is 0.522. The molecule has 0 radical (unpaired) electrons. The van der Waals surface area contributed by atoms with Gasteiger partial charge in [-0.2, -0.15) is 11.8 Å². The lowest BCUT2D eigenvalue weighted by atomic mass is 10.0. The van der Waals surface area contributed by atoms with E-state index in [-0.39, 0.29) is 23.0 Å². The van der Waals surface area contributed by atoms with Crippen LogP contribution < -0.4 is 11.1 Å². The molecule has 4 rings (SSSR count). The summed E-state index contributed by atoms with van der Waals surface area (Å²) < 4.78 is 43.1. The maximum Gasteiger partial charge on any atom is 0.185 e. The van der Waals surface area contributed by atoms with Gasteiger partial charge in [0.15, 0.2) is 5.13 Å². The maximum absolute atomic E-state index is 14.2. The molecule has 0 spiro atoms. The molecule has 1 aromatic carbocycles. The first-order valence-electron chi connectivity index (χ1n) is 11.5. The van der Waals surface area contributed by atoms with Gasteiger partial charge in [-0.1, -0.05) is 24.0 Å². The van der Waals surface area contributed by atoms with Gasteiger partial charge < -0.3 is 16.0 Å². The zero-order valence-electron chi connectivity index (χ0n) is 19.1. The molecule has 11 heteroatoms. The fourth-order valence-corrected chi connectivity index (χ4v) is 7.42. The molecule has 3 heterocycles. The topological polar surface area (TPSA) is 74.5 Å².